The molecule has 0 aliphatic rings. The average Bonchev–Trinajstić information content (AvgIpc) is 2.87. The van der Waals surface area contributed by atoms with Crippen LogP contribution in [0.3, 0.4) is 0 Å². The number of halogens is 2. The number of benzene rings is 1. The van der Waals surface area contributed by atoms with Crippen LogP contribution in [0.1, 0.15) is 4.88 Å². The van der Waals surface area contributed by atoms with Crippen molar-refractivity contribution < 1.29 is 14.3 Å². The third kappa shape index (κ3) is 4.19. The number of hydrogen-bond acceptors (Lipinski definition) is 4. The van der Waals surface area contributed by atoms with E-state index in [1.165, 1.54) is 7.11 Å². The highest BCUT2D eigenvalue weighted by molar-refractivity contribution is 9.28. The van der Waals surface area contributed by atoms with Crippen molar-refractivity contribution in [2.75, 3.05) is 7.11 Å². The van der Waals surface area contributed by atoms with Gasteiger partial charge in [-0.1, -0.05) is 0 Å². The molecular weight excluding hydrogens is 408 g/mol. The molecule has 1 heterocycles. The molecule has 0 unspecified atom stereocenters. The summed E-state index contributed by atoms with van der Waals surface area (Å²) in [7, 11) is 1.28. The first-order valence-electron chi connectivity index (χ1n) is 5.57. The smallest absolute Gasteiger partial charge is 0.437 e. The number of hydrogen-bond donors (Lipinski definition) is 0. The van der Waals surface area contributed by atoms with Gasteiger partial charge >= 0.3 is 6.16 Å². The van der Waals surface area contributed by atoms with Crippen LogP contribution in [0, 0.1) is 0 Å². The van der Waals surface area contributed by atoms with Crippen LogP contribution >= 0.6 is 43.2 Å². The van der Waals surface area contributed by atoms with Crippen molar-refractivity contribution >= 4 is 55.4 Å². The van der Waals surface area contributed by atoms with Gasteiger partial charge in [0.1, 0.15) is 5.75 Å². The molecule has 0 radical (unpaired) electrons. The van der Waals surface area contributed by atoms with Crippen LogP contribution in [0.2, 0.25) is 0 Å². The summed E-state index contributed by atoms with van der Waals surface area (Å²) >= 11 is 8.35. The van der Waals surface area contributed by atoms with Gasteiger partial charge in [0, 0.05) is 9.75 Å². The Labute approximate surface area is 137 Å². The van der Waals surface area contributed by atoms with Crippen molar-refractivity contribution in [1.29, 1.82) is 0 Å². The predicted molar refractivity (Wildman–Crippen MR) is 88.6 cm³/mol. The van der Waals surface area contributed by atoms with Crippen molar-refractivity contribution in [1.82, 2.24) is 0 Å². The Hall–Kier alpha value is -1.11. The molecule has 0 aliphatic heterocycles. The van der Waals surface area contributed by atoms with Crippen LogP contribution in [0.4, 0.5) is 4.79 Å². The summed E-state index contributed by atoms with van der Waals surface area (Å²) in [6, 6.07) is 11.4. The van der Waals surface area contributed by atoms with Gasteiger partial charge in [0.25, 0.3) is 0 Å². The lowest BCUT2D eigenvalue weighted by Gasteiger charge is -2.03. The molecule has 0 saturated heterocycles. The van der Waals surface area contributed by atoms with Gasteiger partial charge in [-0.2, -0.15) is 0 Å². The Balaban J connectivity index is 2.15. The highest BCUT2D eigenvalue weighted by Gasteiger charge is 2.05. The molecule has 0 aliphatic carbocycles. The first-order chi connectivity index (χ1) is 9.58. The SMILES string of the molecule is COC(=O)Oc1ccc(-c2ccc(C=C(Br)Br)s2)cc1. The monoisotopic (exact) mass is 416 g/mol. The fraction of sp³-hybridized carbons (Fsp3) is 0.0714. The maximum Gasteiger partial charge on any atom is 0.513 e. The molecular formula is C14H10Br2O3S. The first kappa shape index (κ1) is 15.3. The van der Waals surface area contributed by atoms with E-state index in [2.05, 4.69) is 42.7 Å². The van der Waals surface area contributed by atoms with E-state index in [1.54, 1.807) is 23.5 Å². The van der Waals surface area contributed by atoms with Crippen LogP contribution in [-0.2, 0) is 4.74 Å². The molecule has 0 saturated carbocycles. The molecule has 6 heteroatoms. The normalized spacial score (nSPS) is 9.95. The minimum Gasteiger partial charge on any atom is -0.437 e. The Morgan fingerprint density at radius 3 is 2.45 bits per heavy atom. The molecule has 0 N–H and O–H groups in total. The lowest BCUT2D eigenvalue weighted by Crippen LogP contribution is -2.06. The number of methoxy groups -OCH3 is 1. The van der Waals surface area contributed by atoms with Gasteiger partial charge in [-0.25, -0.2) is 4.79 Å². The minimum atomic E-state index is -0.719. The molecule has 2 rings (SSSR count). The number of ether oxygens (including phenoxy) is 2. The highest BCUT2D eigenvalue weighted by atomic mass is 79.9. The second kappa shape index (κ2) is 7.06. The van der Waals surface area contributed by atoms with E-state index >= 15 is 0 Å². The zero-order valence-electron chi connectivity index (χ0n) is 10.4. The molecule has 0 bridgehead atoms. The standard InChI is InChI=1S/C14H10Br2O3S/c1-18-14(17)19-10-4-2-9(3-5-10)12-7-6-11(20-12)8-13(15)16/h2-8H,1H3. The minimum absolute atomic E-state index is 0.459. The van der Waals surface area contributed by atoms with E-state index in [1.807, 2.05) is 24.3 Å². The van der Waals surface area contributed by atoms with Gasteiger partial charge in [0.2, 0.25) is 0 Å². The summed E-state index contributed by atoms with van der Waals surface area (Å²) in [4.78, 5) is 13.3. The summed E-state index contributed by atoms with van der Waals surface area (Å²) in [5, 5.41) is 0. The maximum atomic E-state index is 11.0. The third-order valence-electron chi connectivity index (χ3n) is 2.38. The Kier molecular flexibility index (Phi) is 5.39. The Bertz CT molecular complexity index is 628. The zero-order chi connectivity index (χ0) is 14.5. The molecule has 0 fully saturated rings. The topological polar surface area (TPSA) is 35.5 Å². The van der Waals surface area contributed by atoms with Crippen LogP contribution in [0.15, 0.2) is 39.8 Å². The fourth-order valence-electron chi connectivity index (χ4n) is 1.52. The van der Waals surface area contributed by atoms with Crippen molar-refractivity contribution in [3.05, 3.63) is 44.7 Å². The first-order valence-corrected chi connectivity index (χ1v) is 7.97. The molecule has 0 atom stereocenters. The fourth-order valence-corrected chi connectivity index (χ4v) is 3.27. The molecule has 3 nitrogen and oxygen atoms in total. The van der Waals surface area contributed by atoms with Crippen molar-refractivity contribution in [3.63, 3.8) is 0 Å². The Morgan fingerprint density at radius 2 is 1.85 bits per heavy atom. The summed E-state index contributed by atoms with van der Waals surface area (Å²) in [6.45, 7) is 0. The predicted octanol–water partition coefficient (Wildman–Crippen LogP) is 5.65. The maximum absolute atomic E-state index is 11.0. The van der Waals surface area contributed by atoms with E-state index in [0.29, 0.717) is 5.75 Å². The van der Waals surface area contributed by atoms with Crippen molar-refractivity contribution in [2.45, 2.75) is 0 Å². The largest absolute Gasteiger partial charge is 0.513 e. The van der Waals surface area contributed by atoms with Gasteiger partial charge in [-0.15, -0.1) is 11.3 Å². The number of rotatable bonds is 3. The second-order valence-corrected chi connectivity index (χ2v) is 7.60. The van der Waals surface area contributed by atoms with Gasteiger partial charge in [0.05, 0.1) is 10.5 Å². The third-order valence-corrected chi connectivity index (χ3v) is 3.92. The van der Waals surface area contributed by atoms with E-state index in [9.17, 15) is 4.79 Å². The summed E-state index contributed by atoms with van der Waals surface area (Å²) in [5.74, 6) is 0.459. The number of carbonyl (C=O) groups is 1. The van der Waals surface area contributed by atoms with Gasteiger partial charge in [-0.3, -0.25) is 0 Å². The lowest BCUT2D eigenvalue weighted by molar-refractivity contribution is 0.121. The van der Waals surface area contributed by atoms with Crippen LogP contribution in [0.5, 0.6) is 5.75 Å². The summed E-state index contributed by atoms with van der Waals surface area (Å²) < 4.78 is 10.3. The number of carbonyl (C=O) groups excluding carboxylic acids is 1. The lowest BCUT2D eigenvalue weighted by atomic mass is 10.2. The van der Waals surface area contributed by atoms with Gasteiger partial charge in [0.15, 0.2) is 0 Å². The molecule has 2 aromatic rings. The van der Waals surface area contributed by atoms with Gasteiger partial charge < -0.3 is 9.47 Å². The van der Waals surface area contributed by atoms with E-state index < -0.39 is 6.16 Å². The van der Waals surface area contributed by atoms with Gasteiger partial charge in [-0.05, 0) is 79.9 Å². The molecule has 0 spiro atoms. The summed E-state index contributed by atoms with van der Waals surface area (Å²) in [5.41, 5.74) is 1.07. The van der Waals surface area contributed by atoms with E-state index in [4.69, 9.17) is 4.74 Å². The molecule has 20 heavy (non-hydrogen) atoms. The molecule has 1 aromatic heterocycles. The van der Waals surface area contributed by atoms with Crippen molar-refractivity contribution in [2.24, 2.45) is 0 Å². The van der Waals surface area contributed by atoms with E-state index in [0.717, 1.165) is 18.7 Å². The number of thiophene rings is 1. The quantitative estimate of drug-likeness (QED) is 0.478. The molecule has 104 valence electrons. The van der Waals surface area contributed by atoms with E-state index in [-0.39, 0.29) is 0 Å². The average molecular weight is 418 g/mol. The Morgan fingerprint density at radius 1 is 1.15 bits per heavy atom. The van der Waals surface area contributed by atoms with Crippen LogP contribution in [-0.4, -0.2) is 13.3 Å². The highest BCUT2D eigenvalue weighted by Crippen LogP contribution is 2.31. The van der Waals surface area contributed by atoms with Crippen molar-refractivity contribution in [3.8, 4) is 16.2 Å². The van der Waals surface area contributed by atoms with Crippen LogP contribution < -0.4 is 4.74 Å². The van der Waals surface area contributed by atoms with Crippen LogP contribution in [0.25, 0.3) is 16.5 Å². The molecule has 1 aromatic carbocycles. The summed E-state index contributed by atoms with van der Waals surface area (Å²) in [6.07, 6.45) is 1.27. The molecule has 0 amide bonds. The second-order valence-electron chi connectivity index (χ2n) is 3.72. The zero-order valence-corrected chi connectivity index (χ0v) is 14.4.